The van der Waals surface area contributed by atoms with Gasteiger partial charge < -0.3 is 44.8 Å². The van der Waals surface area contributed by atoms with E-state index >= 15 is 0 Å². The van der Waals surface area contributed by atoms with E-state index in [9.17, 15) is 27.9 Å². The van der Waals surface area contributed by atoms with Crippen molar-refractivity contribution in [2.75, 3.05) is 70.8 Å². The van der Waals surface area contributed by atoms with Gasteiger partial charge in [0, 0.05) is 88.0 Å². The molecular weight excluding hydrogens is 966 g/mol. The van der Waals surface area contributed by atoms with Gasteiger partial charge in [-0.1, -0.05) is 50.2 Å². The highest BCUT2D eigenvalue weighted by Crippen LogP contribution is 2.40. The number of carbonyl (C=O) groups is 1. The van der Waals surface area contributed by atoms with Crippen LogP contribution in [0.5, 0.6) is 23.1 Å². The number of methoxy groups -OCH3 is 2. The van der Waals surface area contributed by atoms with Gasteiger partial charge in [0.1, 0.15) is 27.9 Å². The minimum Gasteiger partial charge on any atom is -0.629 e. The second-order valence-electron chi connectivity index (χ2n) is 20.5. The van der Waals surface area contributed by atoms with E-state index in [-0.39, 0.29) is 62.3 Å². The van der Waals surface area contributed by atoms with Crippen LogP contribution >= 0.6 is 0 Å². The number of piperidine rings is 1. The molecule has 1 aliphatic carbocycles. The van der Waals surface area contributed by atoms with Gasteiger partial charge in [0.15, 0.2) is 17.3 Å². The van der Waals surface area contributed by atoms with Crippen molar-refractivity contribution >= 4 is 44.2 Å². The predicted octanol–water partition coefficient (Wildman–Crippen LogP) is 7.67. The number of nitrogens with one attached hydrogen (secondary N) is 4. The lowest BCUT2D eigenvalue weighted by Gasteiger charge is -2.48. The van der Waals surface area contributed by atoms with Gasteiger partial charge in [-0.2, -0.15) is 4.98 Å². The molecule has 1 saturated carbocycles. The molecule has 0 bridgehead atoms. The number of aromatic nitrogens is 3. The molecule has 3 aliphatic rings. The third-order valence-corrected chi connectivity index (χ3v) is 16.3. The number of benzene rings is 3. The lowest BCUT2D eigenvalue weighted by atomic mass is 9.80. The van der Waals surface area contributed by atoms with Gasteiger partial charge in [-0.15, -0.1) is 0 Å². The van der Waals surface area contributed by atoms with E-state index in [1.54, 1.807) is 19.2 Å². The normalized spacial score (nSPS) is 20.6. The van der Waals surface area contributed by atoms with Crippen LogP contribution in [-0.2, 0) is 16.6 Å². The molecule has 19 heteroatoms. The fourth-order valence-corrected chi connectivity index (χ4v) is 11.7. The second kappa shape index (κ2) is 22.2. The van der Waals surface area contributed by atoms with Gasteiger partial charge in [0.2, 0.25) is 0 Å². The first-order chi connectivity index (χ1) is 35.5. The number of anilines is 2. The molecule has 1 unspecified atom stereocenters. The molecule has 2 atom stereocenters. The highest BCUT2D eigenvalue weighted by molar-refractivity contribution is 7.90. The average Bonchev–Trinajstić information content (AvgIpc) is 3.76. The molecule has 74 heavy (non-hydrogen) atoms. The molecule has 0 radical (unpaired) electrons. The quantitative estimate of drug-likeness (QED) is 0.0557. The molecule has 3 aromatic carbocycles. The lowest BCUT2D eigenvalue weighted by molar-refractivity contribution is -0.751. The summed E-state index contributed by atoms with van der Waals surface area (Å²) >= 11 is 0. The number of aromatic amines is 1. The number of aliphatic hydroxyl groups is 1. The number of hydroxylamine groups is 1. The van der Waals surface area contributed by atoms with Crippen LogP contribution in [0, 0.1) is 16.9 Å². The Morgan fingerprint density at radius 1 is 0.973 bits per heavy atom. The number of amides is 1. The number of hydrogen-bond acceptors (Lipinski definition) is 14. The maximum Gasteiger partial charge on any atom is 0.268 e. The van der Waals surface area contributed by atoms with E-state index in [2.05, 4.69) is 89.9 Å². The van der Waals surface area contributed by atoms with Crippen LogP contribution < -0.4 is 34.2 Å². The molecule has 6 aromatic rings. The van der Waals surface area contributed by atoms with Gasteiger partial charge >= 0.3 is 0 Å². The van der Waals surface area contributed by atoms with E-state index in [1.165, 1.54) is 55.2 Å². The fraction of sp³-hybridized carbons (Fsp3) is 0.436. The molecule has 3 aromatic heterocycles. The predicted molar refractivity (Wildman–Crippen MR) is 282 cm³/mol. The average molecular weight is 1030 g/mol. The van der Waals surface area contributed by atoms with Crippen LogP contribution in [0.25, 0.3) is 11.0 Å². The third kappa shape index (κ3) is 11.8. The standard InChI is InChI=1S/C55H68FN9O8S/c1-35(2)42-9-7-8-10-43(42)48-34-63(33-37-11-14-40(71-5)15-12-37)25-26-65(48)38-19-23-64(24-20-38)39-13-16-44(49(27-39)73-50-29-45-46(56)32-59-51(45)60-54(50)72-6)53(66)61-74(69,70)41-28-47(62(4)68)52(58-31-41)57-30-36-17-21-55(3,67)22-18-36/h7-16,27-29,31-32,35-36,38,48,62,67H,17-26,30,33-34H2,1-6H3,(H,57,58)(H,59,60)(H,61,66)/t36?,48-,55?/m0/s1. The van der Waals surface area contributed by atoms with Gasteiger partial charge in [-0.05, 0) is 98.2 Å². The van der Waals surface area contributed by atoms with Crippen molar-refractivity contribution in [3.63, 3.8) is 0 Å². The summed E-state index contributed by atoms with van der Waals surface area (Å²) in [6, 6.07) is 25.2. The maximum atomic E-state index is 14.9. The SMILES string of the molecule is COc1ccc(CN2CCN(C3CCN(c4ccc(C(=O)NS(=O)(=O)c5cnc(NCC6CCC(C)(O)CC6)c([NH+](C)[O-])c5)c(Oc5cc6c(F)c[nH]c6nc5OC)c4)CC3)[C@H](c3ccccc3C(C)C)C2)cc1. The Hall–Kier alpha value is -6.35. The first kappa shape index (κ1) is 52.5. The van der Waals surface area contributed by atoms with E-state index in [0.717, 1.165) is 69.5 Å². The van der Waals surface area contributed by atoms with Crippen molar-refractivity contribution in [3.05, 3.63) is 125 Å². The van der Waals surface area contributed by atoms with E-state index in [4.69, 9.17) is 14.2 Å². The first-order valence-corrected chi connectivity index (χ1v) is 27.0. The molecule has 2 aliphatic heterocycles. The smallest absolute Gasteiger partial charge is 0.268 e. The molecule has 0 spiro atoms. The van der Waals surface area contributed by atoms with E-state index in [1.807, 2.05) is 19.1 Å². The number of ether oxygens (including phenoxy) is 3. The van der Waals surface area contributed by atoms with E-state index in [0.29, 0.717) is 44.4 Å². The number of piperazine rings is 1. The van der Waals surface area contributed by atoms with Gasteiger partial charge in [0.25, 0.3) is 21.8 Å². The minimum absolute atomic E-state index is 0.00196. The Balaban J connectivity index is 0.954. The summed E-state index contributed by atoms with van der Waals surface area (Å²) in [5.74, 6) is 0.0797. The molecule has 3 fully saturated rings. The summed E-state index contributed by atoms with van der Waals surface area (Å²) in [7, 11) is -0.211. The van der Waals surface area contributed by atoms with Crippen LogP contribution in [0.2, 0.25) is 0 Å². The third-order valence-electron chi connectivity index (χ3n) is 15.0. The Morgan fingerprint density at radius 3 is 2.42 bits per heavy atom. The minimum atomic E-state index is -4.60. The Kier molecular flexibility index (Phi) is 15.8. The Bertz CT molecular complexity index is 3040. The van der Waals surface area contributed by atoms with Gasteiger partial charge in [-0.3, -0.25) is 14.6 Å². The van der Waals surface area contributed by atoms with Crippen LogP contribution in [0.15, 0.2) is 96.2 Å². The largest absolute Gasteiger partial charge is 0.629 e. The molecular formula is C55H68FN9O8S. The number of halogens is 1. The second-order valence-corrected chi connectivity index (χ2v) is 22.2. The number of quaternary nitrogens is 1. The number of sulfonamides is 1. The molecule has 1 amide bonds. The molecule has 17 nitrogen and oxygen atoms in total. The number of nitrogens with zero attached hydrogens (tertiary/aromatic N) is 5. The summed E-state index contributed by atoms with van der Waals surface area (Å²) in [6.07, 6.45) is 6.90. The summed E-state index contributed by atoms with van der Waals surface area (Å²) in [5, 5.41) is 26.2. The zero-order valence-electron chi connectivity index (χ0n) is 43.0. The zero-order chi connectivity index (χ0) is 52.3. The van der Waals surface area contributed by atoms with Crippen molar-refractivity contribution in [1.82, 2.24) is 29.5 Å². The summed E-state index contributed by atoms with van der Waals surface area (Å²) in [4.78, 5) is 32.9. The molecule has 9 rings (SSSR count). The summed E-state index contributed by atoms with van der Waals surface area (Å²) in [5.41, 5.74) is 4.14. The molecule has 5 heterocycles. The number of rotatable bonds is 17. The number of H-pyrrole nitrogens is 1. The summed E-state index contributed by atoms with van der Waals surface area (Å²) < 4.78 is 62.5. The number of hydrogen-bond donors (Lipinski definition) is 5. The van der Waals surface area contributed by atoms with E-state index < -0.39 is 32.4 Å². The highest BCUT2D eigenvalue weighted by Gasteiger charge is 2.37. The van der Waals surface area contributed by atoms with Crippen molar-refractivity contribution in [3.8, 4) is 23.1 Å². The Labute approximate surface area is 432 Å². The lowest BCUT2D eigenvalue weighted by Crippen LogP contribution is -2.98. The van der Waals surface area contributed by atoms with Crippen molar-refractivity contribution < 1.29 is 42.0 Å². The maximum absolute atomic E-state index is 14.9. The van der Waals surface area contributed by atoms with Crippen LogP contribution in [0.1, 0.15) is 98.3 Å². The first-order valence-electron chi connectivity index (χ1n) is 25.5. The number of fused-ring (bicyclic) bond motifs is 1. The molecule has 394 valence electrons. The van der Waals surface area contributed by atoms with Crippen LogP contribution in [-0.4, -0.2) is 116 Å². The number of pyridine rings is 2. The zero-order valence-corrected chi connectivity index (χ0v) is 43.8. The highest BCUT2D eigenvalue weighted by atomic mass is 32.2. The monoisotopic (exact) mass is 1030 g/mol. The van der Waals surface area contributed by atoms with Gasteiger partial charge in [-0.25, -0.2) is 22.5 Å². The van der Waals surface area contributed by atoms with Crippen LogP contribution in [0.4, 0.5) is 21.6 Å². The molecule has 5 N–H and O–H groups in total. The van der Waals surface area contributed by atoms with Crippen LogP contribution in [0.3, 0.4) is 0 Å². The topological polar surface area (TPSA) is 202 Å². The van der Waals surface area contributed by atoms with Crippen molar-refractivity contribution in [2.45, 2.75) is 94.3 Å². The van der Waals surface area contributed by atoms with Crippen molar-refractivity contribution in [1.29, 1.82) is 0 Å². The van der Waals surface area contributed by atoms with Crippen molar-refractivity contribution in [2.24, 2.45) is 5.92 Å². The Morgan fingerprint density at radius 2 is 1.72 bits per heavy atom. The number of carbonyl (C=O) groups excluding carboxylic acids is 1. The summed E-state index contributed by atoms with van der Waals surface area (Å²) in [6.45, 7) is 11.8. The molecule has 2 saturated heterocycles. The van der Waals surface area contributed by atoms with Gasteiger partial charge in [0.05, 0.1) is 44.0 Å². The fourth-order valence-electron chi connectivity index (χ4n) is 10.8.